The molecule has 0 spiro atoms. The lowest BCUT2D eigenvalue weighted by Gasteiger charge is -2.25. The van der Waals surface area contributed by atoms with E-state index < -0.39 is 22.5 Å². The van der Waals surface area contributed by atoms with Crippen molar-refractivity contribution in [1.29, 1.82) is 0 Å². The molecule has 1 atom stereocenters. The summed E-state index contributed by atoms with van der Waals surface area (Å²) in [5.41, 5.74) is 1.16. The molecule has 0 bridgehead atoms. The van der Waals surface area contributed by atoms with E-state index in [9.17, 15) is 19.7 Å². The lowest BCUT2D eigenvalue weighted by atomic mass is 9.96. The van der Waals surface area contributed by atoms with Gasteiger partial charge in [-0.05, 0) is 67.4 Å². The third-order valence-corrected chi connectivity index (χ3v) is 8.89. The number of nitro benzene ring substituents is 1. The molecule has 0 unspecified atom stereocenters. The molecular weight excluding hydrogens is 605 g/mol. The van der Waals surface area contributed by atoms with Crippen molar-refractivity contribution in [3.8, 4) is 0 Å². The van der Waals surface area contributed by atoms with Crippen LogP contribution in [-0.4, -0.2) is 22.1 Å². The molecule has 2 heterocycles. The third-order valence-electron chi connectivity index (χ3n) is 6.24. The van der Waals surface area contributed by atoms with Gasteiger partial charge in [0.1, 0.15) is 6.04 Å². The quantitative estimate of drug-likeness (QED) is 0.138. The SMILES string of the molecule is CCOC(=O)C1=C(C)N=c2s/c(=C/c3ccc(Sc4ccc(Cl)cc4)c([N+](=O)[O-])c3)c(=O)n2[C@@H]1c1ccccc1Cl. The first-order chi connectivity index (χ1) is 19.7. The van der Waals surface area contributed by atoms with E-state index in [2.05, 4.69) is 4.99 Å². The molecule has 3 aromatic carbocycles. The van der Waals surface area contributed by atoms with Crippen molar-refractivity contribution in [1.82, 2.24) is 4.57 Å². The van der Waals surface area contributed by atoms with Crippen LogP contribution < -0.4 is 14.9 Å². The van der Waals surface area contributed by atoms with Gasteiger partial charge in [-0.25, -0.2) is 9.79 Å². The van der Waals surface area contributed by atoms with Crippen LogP contribution in [-0.2, 0) is 9.53 Å². The molecule has 12 heteroatoms. The van der Waals surface area contributed by atoms with Gasteiger partial charge in [-0.15, -0.1) is 0 Å². The van der Waals surface area contributed by atoms with E-state index in [4.69, 9.17) is 27.9 Å². The number of fused-ring (bicyclic) bond motifs is 1. The monoisotopic (exact) mass is 625 g/mol. The maximum atomic E-state index is 13.8. The van der Waals surface area contributed by atoms with Gasteiger partial charge in [0.25, 0.3) is 11.2 Å². The summed E-state index contributed by atoms with van der Waals surface area (Å²) in [5, 5.41) is 12.9. The molecular formula is C29H21Cl2N3O5S2. The number of allylic oxidation sites excluding steroid dienone is 1. The smallest absolute Gasteiger partial charge is 0.338 e. The zero-order chi connectivity index (χ0) is 29.3. The van der Waals surface area contributed by atoms with Crippen molar-refractivity contribution in [2.45, 2.75) is 29.7 Å². The number of halogens is 2. The topological polar surface area (TPSA) is 104 Å². The van der Waals surface area contributed by atoms with E-state index in [1.54, 1.807) is 80.6 Å². The van der Waals surface area contributed by atoms with Crippen molar-refractivity contribution in [2.75, 3.05) is 6.61 Å². The van der Waals surface area contributed by atoms with Gasteiger partial charge in [0, 0.05) is 21.0 Å². The highest BCUT2D eigenvalue weighted by Crippen LogP contribution is 2.36. The van der Waals surface area contributed by atoms with Crippen molar-refractivity contribution < 1.29 is 14.5 Å². The van der Waals surface area contributed by atoms with Crippen LogP contribution in [0.1, 0.15) is 31.0 Å². The number of carbonyl (C=O) groups excluding carboxylic acids is 1. The van der Waals surface area contributed by atoms with Gasteiger partial charge in [-0.3, -0.25) is 19.5 Å². The van der Waals surface area contributed by atoms with Crippen LogP contribution in [0.4, 0.5) is 5.69 Å². The Balaban J connectivity index is 1.62. The van der Waals surface area contributed by atoms with E-state index in [0.717, 1.165) is 16.2 Å². The average Bonchev–Trinajstić information content (AvgIpc) is 3.24. The molecule has 0 radical (unpaired) electrons. The Kier molecular flexibility index (Phi) is 8.46. The molecule has 0 N–H and O–H groups in total. The van der Waals surface area contributed by atoms with Crippen molar-refractivity contribution in [2.24, 2.45) is 4.99 Å². The van der Waals surface area contributed by atoms with Crippen molar-refractivity contribution >= 4 is 64.0 Å². The van der Waals surface area contributed by atoms with E-state index in [-0.39, 0.29) is 17.9 Å². The van der Waals surface area contributed by atoms with Gasteiger partial charge in [0.05, 0.1) is 32.2 Å². The molecule has 1 aliphatic rings. The summed E-state index contributed by atoms with van der Waals surface area (Å²) < 4.78 is 7.03. The summed E-state index contributed by atoms with van der Waals surface area (Å²) in [6.07, 6.45) is 1.58. The number of nitro groups is 1. The normalized spacial score (nSPS) is 14.9. The first kappa shape index (κ1) is 28.8. The van der Waals surface area contributed by atoms with Crippen LogP contribution in [0.5, 0.6) is 0 Å². The summed E-state index contributed by atoms with van der Waals surface area (Å²) in [7, 11) is 0. The van der Waals surface area contributed by atoms with Crippen molar-refractivity contribution in [3.05, 3.63) is 129 Å². The number of ether oxygens (including phenoxy) is 1. The molecule has 41 heavy (non-hydrogen) atoms. The van der Waals surface area contributed by atoms with Crippen LogP contribution >= 0.6 is 46.3 Å². The number of hydrogen-bond acceptors (Lipinski definition) is 8. The maximum Gasteiger partial charge on any atom is 0.338 e. The number of esters is 1. The second kappa shape index (κ2) is 12.0. The number of hydrogen-bond donors (Lipinski definition) is 0. The van der Waals surface area contributed by atoms with Gasteiger partial charge in [0.15, 0.2) is 4.80 Å². The van der Waals surface area contributed by atoms with Crippen molar-refractivity contribution in [3.63, 3.8) is 0 Å². The molecule has 0 amide bonds. The number of thiazole rings is 1. The molecule has 0 saturated heterocycles. The summed E-state index contributed by atoms with van der Waals surface area (Å²) in [5.74, 6) is -0.586. The molecule has 1 aliphatic heterocycles. The third kappa shape index (κ3) is 5.87. The fraction of sp³-hybridized carbons (Fsp3) is 0.138. The Morgan fingerprint density at radius 1 is 1.17 bits per heavy atom. The summed E-state index contributed by atoms with van der Waals surface area (Å²) in [6.45, 7) is 3.54. The fourth-order valence-corrected chi connectivity index (χ4v) is 6.73. The van der Waals surface area contributed by atoms with Gasteiger partial charge in [0.2, 0.25) is 0 Å². The molecule has 5 rings (SSSR count). The first-order valence-electron chi connectivity index (χ1n) is 12.3. The van der Waals surface area contributed by atoms with Crippen LogP contribution in [0.25, 0.3) is 6.08 Å². The molecule has 1 aromatic heterocycles. The van der Waals surface area contributed by atoms with Gasteiger partial charge < -0.3 is 4.74 Å². The molecule has 0 saturated carbocycles. The highest BCUT2D eigenvalue weighted by atomic mass is 35.5. The second-order valence-corrected chi connectivity index (χ2v) is 11.8. The summed E-state index contributed by atoms with van der Waals surface area (Å²) in [6, 6.07) is 17.9. The average molecular weight is 627 g/mol. The Hall–Kier alpha value is -3.70. The maximum absolute atomic E-state index is 13.8. The molecule has 0 aliphatic carbocycles. The van der Waals surface area contributed by atoms with Crippen LogP contribution in [0.2, 0.25) is 10.0 Å². The molecule has 0 fully saturated rings. The highest BCUT2D eigenvalue weighted by molar-refractivity contribution is 7.99. The standard InChI is InChI=1S/C29H21Cl2N3O5S2/c1-3-39-28(36)25-16(2)32-29-33(26(25)20-6-4-5-7-21(20)31)27(35)24(41-29)15-17-8-13-23(22(14-17)34(37)38)40-19-11-9-18(30)10-12-19/h4-15,26H,3H2,1-2H3/b24-15+/t26-/m1/s1. The Bertz CT molecular complexity index is 1900. The van der Waals surface area contributed by atoms with Crippen LogP contribution in [0.15, 0.2) is 97.6 Å². The predicted octanol–water partition coefficient (Wildman–Crippen LogP) is 6.16. The molecule has 8 nitrogen and oxygen atoms in total. The minimum Gasteiger partial charge on any atom is -0.463 e. The zero-order valence-corrected chi connectivity index (χ0v) is 24.8. The number of nitrogens with zero attached hydrogens (tertiary/aromatic N) is 3. The second-order valence-electron chi connectivity index (χ2n) is 8.86. The Morgan fingerprint density at radius 3 is 2.59 bits per heavy atom. The Labute approximate surface area is 252 Å². The lowest BCUT2D eigenvalue weighted by Crippen LogP contribution is -2.40. The van der Waals surface area contributed by atoms with E-state index in [0.29, 0.717) is 41.1 Å². The van der Waals surface area contributed by atoms with Gasteiger partial charge in [-0.1, -0.05) is 70.6 Å². The summed E-state index contributed by atoms with van der Waals surface area (Å²) in [4.78, 5) is 44.5. The number of rotatable bonds is 7. The largest absolute Gasteiger partial charge is 0.463 e. The zero-order valence-electron chi connectivity index (χ0n) is 21.7. The van der Waals surface area contributed by atoms with Crippen LogP contribution in [0, 0.1) is 10.1 Å². The number of carbonyl (C=O) groups is 1. The van der Waals surface area contributed by atoms with Gasteiger partial charge >= 0.3 is 5.97 Å². The minimum atomic E-state index is -0.853. The first-order valence-corrected chi connectivity index (χ1v) is 14.7. The van der Waals surface area contributed by atoms with E-state index >= 15 is 0 Å². The fourth-order valence-electron chi connectivity index (χ4n) is 4.42. The van der Waals surface area contributed by atoms with Crippen LogP contribution in [0.3, 0.4) is 0 Å². The Morgan fingerprint density at radius 2 is 1.90 bits per heavy atom. The van der Waals surface area contributed by atoms with E-state index in [1.165, 1.54) is 22.4 Å². The van der Waals surface area contributed by atoms with Gasteiger partial charge in [-0.2, -0.15) is 0 Å². The molecule has 4 aromatic rings. The highest BCUT2D eigenvalue weighted by Gasteiger charge is 2.34. The molecule has 208 valence electrons. The lowest BCUT2D eigenvalue weighted by molar-refractivity contribution is -0.387. The van der Waals surface area contributed by atoms with E-state index in [1.807, 2.05) is 0 Å². The number of benzene rings is 3. The summed E-state index contributed by atoms with van der Waals surface area (Å²) >= 11 is 14.9. The predicted molar refractivity (Wildman–Crippen MR) is 161 cm³/mol. The minimum absolute atomic E-state index is 0.0964. The number of aromatic nitrogens is 1.